The van der Waals surface area contributed by atoms with Gasteiger partial charge in [0, 0.05) is 18.3 Å². The lowest BCUT2D eigenvalue weighted by atomic mass is 10.3. The van der Waals surface area contributed by atoms with Crippen molar-refractivity contribution in [2.24, 2.45) is 0 Å². The van der Waals surface area contributed by atoms with Gasteiger partial charge >= 0.3 is 11.9 Å². The van der Waals surface area contributed by atoms with Crippen LogP contribution in [-0.4, -0.2) is 30.1 Å². The molecule has 2 heterocycles. The van der Waals surface area contributed by atoms with Gasteiger partial charge in [-0.15, -0.1) is 0 Å². The molecule has 0 aliphatic rings. The second-order valence-electron chi connectivity index (χ2n) is 4.80. The maximum Gasteiger partial charge on any atom is 0.316 e. The number of pyridine rings is 2. The highest BCUT2D eigenvalue weighted by atomic mass is 16.5. The molecule has 0 amide bonds. The van der Waals surface area contributed by atoms with E-state index in [0.29, 0.717) is 23.6 Å². The van der Waals surface area contributed by atoms with E-state index in [0.717, 1.165) is 5.69 Å². The first kappa shape index (κ1) is 20.1. The van der Waals surface area contributed by atoms with Crippen LogP contribution in [0.2, 0.25) is 0 Å². The zero-order valence-corrected chi connectivity index (χ0v) is 14.4. The van der Waals surface area contributed by atoms with Crippen molar-refractivity contribution in [3.8, 4) is 0 Å². The SMILES string of the molecule is CCOC(=O)Cc1cccc[n+]1[O-].CCOC(=O)Cc1ccccn1. The highest BCUT2D eigenvalue weighted by Crippen LogP contribution is 1.96. The third-order valence-corrected chi connectivity index (χ3v) is 2.89. The number of hydrogen-bond donors (Lipinski definition) is 0. The van der Waals surface area contributed by atoms with E-state index in [1.54, 1.807) is 44.3 Å². The molecule has 0 radical (unpaired) electrons. The molecular formula is C18H22N2O5. The minimum Gasteiger partial charge on any atom is -0.618 e. The molecule has 0 N–H and O–H groups in total. The molecule has 2 rings (SSSR count). The Kier molecular flexibility index (Phi) is 9.28. The van der Waals surface area contributed by atoms with Crippen LogP contribution in [0.1, 0.15) is 25.2 Å². The van der Waals surface area contributed by atoms with E-state index in [9.17, 15) is 14.8 Å². The normalized spacial score (nSPS) is 9.52. The zero-order valence-electron chi connectivity index (χ0n) is 14.4. The third kappa shape index (κ3) is 8.45. The van der Waals surface area contributed by atoms with Crippen LogP contribution >= 0.6 is 0 Å². The van der Waals surface area contributed by atoms with Crippen molar-refractivity contribution in [3.63, 3.8) is 0 Å². The summed E-state index contributed by atoms with van der Waals surface area (Å²) in [6, 6.07) is 10.4. The zero-order chi connectivity index (χ0) is 18.5. The Bertz CT molecular complexity index is 662. The summed E-state index contributed by atoms with van der Waals surface area (Å²) in [5.41, 5.74) is 1.15. The first-order valence-electron chi connectivity index (χ1n) is 7.95. The molecule has 0 saturated heterocycles. The molecule has 0 aromatic carbocycles. The molecule has 134 valence electrons. The predicted octanol–water partition coefficient (Wildman–Crippen LogP) is 1.61. The van der Waals surface area contributed by atoms with Crippen LogP contribution in [0.4, 0.5) is 0 Å². The van der Waals surface area contributed by atoms with E-state index >= 15 is 0 Å². The largest absolute Gasteiger partial charge is 0.618 e. The lowest BCUT2D eigenvalue weighted by Gasteiger charge is -2.02. The van der Waals surface area contributed by atoms with Crippen LogP contribution in [0.25, 0.3) is 0 Å². The molecule has 0 fully saturated rings. The van der Waals surface area contributed by atoms with Crippen LogP contribution in [0.3, 0.4) is 0 Å². The predicted molar refractivity (Wildman–Crippen MR) is 90.3 cm³/mol. The Hall–Kier alpha value is -2.96. The number of ether oxygens (including phenoxy) is 2. The van der Waals surface area contributed by atoms with Gasteiger partial charge in [0.1, 0.15) is 6.42 Å². The molecule has 0 unspecified atom stereocenters. The van der Waals surface area contributed by atoms with Crippen LogP contribution in [0.15, 0.2) is 48.8 Å². The van der Waals surface area contributed by atoms with Gasteiger partial charge in [-0.25, -0.2) is 0 Å². The molecule has 0 aliphatic heterocycles. The Morgan fingerprint density at radius 1 is 1.00 bits per heavy atom. The molecule has 0 aliphatic carbocycles. The number of rotatable bonds is 6. The van der Waals surface area contributed by atoms with Gasteiger partial charge in [0.2, 0.25) is 5.69 Å². The van der Waals surface area contributed by atoms with Crippen LogP contribution in [0, 0.1) is 5.21 Å². The highest BCUT2D eigenvalue weighted by Gasteiger charge is 2.10. The smallest absolute Gasteiger partial charge is 0.316 e. The fourth-order valence-corrected chi connectivity index (χ4v) is 1.82. The number of hydrogen-bond acceptors (Lipinski definition) is 6. The Morgan fingerprint density at radius 3 is 2.20 bits per heavy atom. The van der Waals surface area contributed by atoms with E-state index in [1.165, 1.54) is 6.20 Å². The van der Waals surface area contributed by atoms with E-state index in [-0.39, 0.29) is 24.8 Å². The highest BCUT2D eigenvalue weighted by molar-refractivity contribution is 5.72. The molecule has 0 atom stereocenters. The van der Waals surface area contributed by atoms with Crippen LogP contribution < -0.4 is 4.73 Å². The monoisotopic (exact) mass is 346 g/mol. The lowest BCUT2D eigenvalue weighted by Crippen LogP contribution is -2.32. The van der Waals surface area contributed by atoms with Crippen molar-refractivity contribution in [1.82, 2.24) is 4.98 Å². The summed E-state index contributed by atoms with van der Waals surface area (Å²) in [5, 5.41) is 11.1. The molecule has 25 heavy (non-hydrogen) atoms. The summed E-state index contributed by atoms with van der Waals surface area (Å²) in [6.45, 7) is 4.28. The van der Waals surface area contributed by atoms with Crippen LogP contribution in [0.5, 0.6) is 0 Å². The van der Waals surface area contributed by atoms with Crippen molar-refractivity contribution in [2.45, 2.75) is 26.7 Å². The number of carbonyl (C=O) groups excluding carboxylic acids is 2. The van der Waals surface area contributed by atoms with Gasteiger partial charge in [0.15, 0.2) is 6.20 Å². The fraction of sp³-hybridized carbons (Fsp3) is 0.333. The fourth-order valence-electron chi connectivity index (χ4n) is 1.82. The van der Waals surface area contributed by atoms with E-state index in [2.05, 4.69) is 4.98 Å². The van der Waals surface area contributed by atoms with Gasteiger partial charge in [-0.05, 0) is 32.0 Å². The minimum absolute atomic E-state index is 0.0260. The average molecular weight is 346 g/mol. The summed E-state index contributed by atoms with van der Waals surface area (Å²) in [5.74, 6) is -0.602. The maximum atomic E-state index is 11.1. The summed E-state index contributed by atoms with van der Waals surface area (Å²) in [7, 11) is 0. The maximum absolute atomic E-state index is 11.1. The number of aromatic nitrogens is 2. The van der Waals surface area contributed by atoms with E-state index < -0.39 is 0 Å². The topological polar surface area (TPSA) is 92.4 Å². The second-order valence-corrected chi connectivity index (χ2v) is 4.80. The molecule has 7 heteroatoms. The number of esters is 2. The summed E-state index contributed by atoms with van der Waals surface area (Å²) >= 11 is 0. The molecule has 2 aromatic heterocycles. The van der Waals surface area contributed by atoms with Gasteiger partial charge in [-0.3, -0.25) is 14.6 Å². The van der Waals surface area contributed by atoms with Gasteiger partial charge in [0.25, 0.3) is 0 Å². The molecule has 0 bridgehead atoms. The molecule has 7 nitrogen and oxygen atoms in total. The molecular weight excluding hydrogens is 324 g/mol. The minimum atomic E-state index is -0.377. The van der Waals surface area contributed by atoms with Crippen molar-refractivity contribution in [2.75, 3.05) is 13.2 Å². The first-order chi connectivity index (χ1) is 12.1. The van der Waals surface area contributed by atoms with Gasteiger partial charge in [0.05, 0.1) is 25.3 Å². The second kappa shape index (κ2) is 11.6. The van der Waals surface area contributed by atoms with Crippen molar-refractivity contribution in [3.05, 3.63) is 65.4 Å². The summed E-state index contributed by atoms with van der Waals surface area (Å²) < 4.78 is 10.1. The van der Waals surface area contributed by atoms with Gasteiger partial charge in [-0.1, -0.05) is 6.07 Å². The standard InChI is InChI=1S/C9H11NO3.C9H11NO2/c1-2-13-9(11)7-8-5-3-4-6-10(8)12;1-2-12-9(11)7-8-5-3-4-6-10-8/h3-6H,2,7H2,1H3;3-6H,2,7H2,1H3. The van der Waals surface area contributed by atoms with E-state index in [4.69, 9.17) is 9.47 Å². The number of nitrogens with zero attached hydrogens (tertiary/aromatic N) is 2. The third-order valence-electron chi connectivity index (χ3n) is 2.89. The van der Waals surface area contributed by atoms with Crippen LogP contribution in [-0.2, 0) is 31.9 Å². The molecule has 0 spiro atoms. The molecule has 0 saturated carbocycles. The Labute approximate surface area is 146 Å². The molecule has 2 aromatic rings. The van der Waals surface area contributed by atoms with Gasteiger partial charge < -0.3 is 14.7 Å². The quantitative estimate of drug-likeness (QED) is 0.448. The first-order valence-corrected chi connectivity index (χ1v) is 7.95. The Morgan fingerprint density at radius 2 is 1.64 bits per heavy atom. The van der Waals surface area contributed by atoms with Crippen molar-refractivity contribution < 1.29 is 23.8 Å². The van der Waals surface area contributed by atoms with E-state index in [1.807, 2.05) is 12.1 Å². The number of carbonyl (C=O) groups is 2. The van der Waals surface area contributed by atoms with Crippen molar-refractivity contribution in [1.29, 1.82) is 0 Å². The Balaban J connectivity index is 0.000000251. The summed E-state index contributed by atoms with van der Waals surface area (Å²) in [6.07, 6.45) is 3.30. The summed E-state index contributed by atoms with van der Waals surface area (Å²) in [4.78, 5) is 25.9. The van der Waals surface area contributed by atoms with Gasteiger partial charge in [-0.2, -0.15) is 4.73 Å². The average Bonchev–Trinajstić information content (AvgIpc) is 2.59. The van der Waals surface area contributed by atoms with Crippen molar-refractivity contribution >= 4 is 11.9 Å². The lowest BCUT2D eigenvalue weighted by molar-refractivity contribution is -0.613.